The molecule has 0 spiro atoms. The average molecular weight is 739 g/mol. The number of carbonyl (C=O) groups is 1. The Bertz CT molecular complexity index is 1540. The first-order valence-electron chi connectivity index (χ1n) is 18.7. The molecule has 2 bridgehead atoms. The van der Waals surface area contributed by atoms with Gasteiger partial charge in [-0.25, -0.2) is 0 Å². The average Bonchev–Trinajstić information content (AvgIpc) is 3.35. The summed E-state index contributed by atoms with van der Waals surface area (Å²) in [7, 11) is 0.663. The molecule has 2 saturated carbocycles. The van der Waals surface area contributed by atoms with E-state index in [1.165, 1.54) is 7.11 Å². The number of carbonyl (C=O) groups excluding carboxylic acids is 1. The van der Waals surface area contributed by atoms with Crippen molar-refractivity contribution in [3.63, 3.8) is 0 Å². The Morgan fingerprint density at radius 1 is 0.942 bits per heavy atom. The normalized spacial score (nSPS) is 33.2. The first-order valence-corrected chi connectivity index (χ1v) is 21.6. The van der Waals surface area contributed by atoms with Gasteiger partial charge in [-0.2, -0.15) is 0 Å². The van der Waals surface area contributed by atoms with Crippen LogP contribution in [0.1, 0.15) is 71.9 Å². The number of ether oxygens (including phenoxy) is 5. The van der Waals surface area contributed by atoms with E-state index < -0.39 is 54.6 Å². The number of Topliss-reactive ketones (excluding diaryl/α,β-unsaturated/α-hetero) is 1. The molecule has 3 aliphatic rings. The molecule has 0 heterocycles. The third-order valence-corrected chi connectivity index (χ3v) is 17.7. The molecule has 3 aliphatic carbocycles. The predicted octanol–water partition coefficient (Wildman–Crippen LogP) is 7.24. The summed E-state index contributed by atoms with van der Waals surface area (Å²) in [5.74, 6) is -0.520. The summed E-state index contributed by atoms with van der Waals surface area (Å²) in [6, 6.07) is 17.6. The maximum absolute atomic E-state index is 15.4. The lowest BCUT2D eigenvalue weighted by molar-refractivity contribution is -0.193. The molecule has 0 radical (unpaired) electrons. The number of fused-ring (bicyclic) bond motifs is 3. The summed E-state index contributed by atoms with van der Waals surface area (Å²) in [5.41, 5.74) is -2.78. The number of rotatable bonds is 13. The maximum Gasteiger partial charge on any atom is 0.192 e. The van der Waals surface area contributed by atoms with Gasteiger partial charge in [0.1, 0.15) is 24.2 Å². The minimum absolute atomic E-state index is 0.0876. The van der Waals surface area contributed by atoms with Gasteiger partial charge in [-0.3, -0.25) is 4.79 Å². The molecule has 2 aromatic carbocycles. The molecule has 10 heteroatoms. The van der Waals surface area contributed by atoms with Crippen LogP contribution < -0.4 is 4.74 Å². The lowest BCUT2D eigenvalue weighted by Crippen LogP contribution is -2.64. The fourth-order valence-corrected chi connectivity index (χ4v) is 9.98. The third-order valence-electron chi connectivity index (χ3n) is 13.2. The van der Waals surface area contributed by atoms with Crippen LogP contribution in [-0.4, -0.2) is 81.4 Å². The highest BCUT2D eigenvalue weighted by molar-refractivity contribution is 6.74. The molecule has 0 aliphatic heterocycles. The molecule has 5 rings (SSSR count). The number of hydrogen-bond donors (Lipinski definition) is 2. The van der Waals surface area contributed by atoms with Crippen LogP contribution in [0.4, 0.5) is 0 Å². The van der Waals surface area contributed by atoms with Crippen LogP contribution >= 0.6 is 0 Å². The van der Waals surface area contributed by atoms with Crippen molar-refractivity contribution in [2.75, 3.05) is 27.6 Å². The molecule has 2 fully saturated rings. The van der Waals surface area contributed by atoms with Gasteiger partial charge in [0, 0.05) is 24.4 Å². The molecule has 9 nitrogen and oxygen atoms in total. The first kappa shape index (κ1) is 40.8. The Morgan fingerprint density at radius 2 is 1.60 bits per heavy atom. The number of hydrogen-bond acceptors (Lipinski definition) is 9. The van der Waals surface area contributed by atoms with E-state index in [0.717, 1.165) is 16.9 Å². The van der Waals surface area contributed by atoms with Crippen molar-refractivity contribution in [1.29, 1.82) is 0 Å². The van der Waals surface area contributed by atoms with Gasteiger partial charge in [-0.1, -0.05) is 89.2 Å². The zero-order valence-electron chi connectivity index (χ0n) is 32.9. The minimum Gasteiger partial charge on any atom is -0.497 e. The third kappa shape index (κ3) is 7.47. The zero-order valence-corrected chi connectivity index (χ0v) is 33.9. The molecule has 0 aromatic heterocycles. The first-order chi connectivity index (χ1) is 24.4. The van der Waals surface area contributed by atoms with E-state index in [9.17, 15) is 10.2 Å². The number of methoxy groups -OCH3 is 2. The van der Waals surface area contributed by atoms with E-state index in [1.54, 1.807) is 13.2 Å². The quantitative estimate of drug-likeness (QED) is 0.125. The van der Waals surface area contributed by atoms with Gasteiger partial charge >= 0.3 is 0 Å². The summed E-state index contributed by atoms with van der Waals surface area (Å²) < 4.78 is 38.0. The van der Waals surface area contributed by atoms with Crippen molar-refractivity contribution in [3.8, 4) is 5.75 Å². The molecule has 288 valence electrons. The molecule has 2 N–H and O–H groups in total. The van der Waals surface area contributed by atoms with Gasteiger partial charge in [0.05, 0.1) is 50.2 Å². The van der Waals surface area contributed by atoms with E-state index in [2.05, 4.69) is 33.9 Å². The molecule has 0 amide bonds. The van der Waals surface area contributed by atoms with E-state index in [-0.39, 0.29) is 49.8 Å². The van der Waals surface area contributed by atoms with Crippen LogP contribution in [0.15, 0.2) is 66.7 Å². The topological polar surface area (TPSA) is 113 Å². The molecular formula is C42H62O9Si. The molecule has 8 atom stereocenters. The number of ketones is 1. The number of aliphatic hydroxyl groups excluding tert-OH is 1. The van der Waals surface area contributed by atoms with Gasteiger partial charge in [0.25, 0.3) is 0 Å². The molecule has 0 unspecified atom stereocenters. The fraction of sp³-hybridized carbons (Fsp3) is 0.643. The Hall–Kier alpha value is -2.41. The Morgan fingerprint density at radius 3 is 2.21 bits per heavy atom. The molecule has 0 saturated heterocycles. The van der Waals surface area contributed by atoms with Crippen LogP contribution in [-0.2, 0) is 41.4 Å². The predicted molar refractivity (Wildman–Crippen MR) is 203 cm³/mol. The lowest BCUT2D eigenvalue weighted by Gasteiger charge is -2.54. The highest BCUT2D eigenvalue weighted by Gasteiger charge is 2.69. The smallest absolute Gasteiger partial charge is 0.192 e. The van der Waals surface area contributed by atoms with Gasteiger partial charge in [0.15, 0.2) is 14.1 Å². The summed E-state index contributed by atoms with van der Waals surface area (Å²) in [6.07, 6.45) is 2.05. The van der Waals surface area contributed by atoms with E-state index in [0.29, 0.717) is 12.8 Å². The largest absolute Gasteiger partial charge is 0.497 e. The van der Waals surface area contributed by atoms with Crippen LogP contribution in [0.2, 0.25) is 18.1 Å². The summed E-state index contributed by atoms with van der Waals surface area (Å²) in [5, 5.41) is 25.0. The zero-order chi connectivity index (χ0) is 38.2. The monoisotopic (exact) mass is 738 g/mol. The van der Waals surface area contributed by atoms with Gasteiger partial charge in [-0.05, 0) is 67.6 Å². The second-order valence-electron chi connectivity index (χ2n) is 17.5. The minimum atomic E-state index is -2.50. The van der Waals surface area contributed by atoms with Crippen molar-refractivity contribution in [2.24, 2.45) is 22.7 Å². The highest BCUT2D eigenvalue weighted by atomic mass is 28.4. The van der Waals surface area contributed by atoms with E-state index in [4.69, 9.17) is 28.1 Å². The summed E-state index contributed by atoms with van der Waals surface area (Å²) in [4.78, 5) is 15.4. The maximum atomic E-state index is 15.4. The standard InChI is InChI=1S/C42H62O9Si/c1-38(2,3)52(9,10)51-35-24-33-40(6,37(44)36(49-28-46-7)32-20-23-42(35,45)39(32,4)5)34(43)21-22-41(33,50-26-29-14-12-11-13-15-29)27-48-25-30-16-18-31(47-8)19-17-30/h11-19,21-22,32-36,43,45H,20,23-28H2,1-10H3/t32-,33+,34+,35+,36-,40+,41-,42-/m1/s1. The highest BCUT2D eigenvalue weighted by Crippen LogP contribution is 2.61. The van der Waals surface area contributed by atoms with E-state index in [1.807, 2.05) is 81.4 Å². The van der Waals surface area contributed by atoms with Crippen LogP contribution in [0.3, 0.4) is 0 Å². The van der Waals surface area contributed by atoms with Crippen LogP contribution in [0.25, 0.3) is 0 Å². The van der Waals surface area contributed by atoms with E-state index >= 15 is 4.79 Å². The molecular weight excluding hydrogens is 677 g/mol. The SMILES string of the molecule is COCO[C@H]1C(=O)[C@]2(C)[C@@H](O)C=C[C@](COCc3ccc(OC)cc3)(OCc3ccccc3)[C@H]2C[C@H](O[Si](C)(C)C(C)(C)C)[C@]2(O)CC[C@H]1C2(C)C. The fourth-order valence-electron chi connectivity index (χ4n) is 8.62. The lowest BCUT2D eigenvalue weighted by atomic mass is 9.57. The van der Waals surface area contributed by atoms with Gasteiger partial charge < -0.3 is 38.3 Å². The number of aliphatic hydroxyl groups is 2. The molecule has 2 aromatic rings. The second-order valence-corrected chi connectivity index (χ2v) is 22.2. The molecule has 52 heavy (non-hydrogen) atoms. The van der Waals surface area contributed by atoms with Crippen LogP contribution in [0, 0.1) is 22.7 Å². The Balaban J connectivity index is 1.68. The van der Waals surface area contributed by atoms with Crippen LogP contribution in [0.5, 0.6) is 5.75 Å². The Labute approximate surface area is 312 Å². The number of benzene rings is 2. The van der Waals surface area contributed by atoms with Crippen molar-refractivity contribution in [1.82, 2.24) is 0 Å². The van der Waals surface area contributed by atoms with Crippen molar-refractivity contribution in [2.45, 2.75) is 122 Å². The summed E-state index contributed by atoms with van der Waals surface area (Å²) in [6.45, 7) is 17.4. The van der Waals surface area contributed by atoms with Gasteiger partial charge in [-0.15, -0.1) is 0 Å². The van der Waals surface area contributed by atoms with Crippen molar-refractivity contribution < 1.29 is 43.1 Å². The van der Waals surface area contributed by atoms with Crippen molar-refractivity contribution in [3.05, 3.63) is 77.9 Å². The van der Waals surface area contributed by atoms with Crippen molar-refractivity contribution >= 4 is 14.1 Å². The van der Waals surface area contributed by atoms with Gasteiger partial charge in [0.2, 0.25) is 0 Å². The second kappa shape index (κ2) is 15.4. The Kier molecular flexibility index (Phi) is 12.1. The summed E-state index contributed by atoms with van der Waals surface area (Å²) >= 11 is 0.